The van der Waals surface area contributed by atoms with Gasteiger partial charge in [-0.1, -0.05) is 58.9 Å². The number of alkyl carbamates (subject to hydrolysis) is 1. The molecule has 1 saturated carbocycles. The van der Waals surface area contributed by atoms with E-state index in [9.17, 15) is 19.2 Å². The summed E-state index contributed by atoms with van der Waals surface area (Å²) in [4.78, 5) is 70.8. The van der Waals surface area contributed by atoms with E-state index in [4.69, 9.17) is 4.74 Å². The van der Waals surface area contributed by atoms with Gasteiger partial charge in [0.1, 0.15) is 23.5 Å². The number of amides is 4. The summed E-state index contributed by atoms with van der Waals surface area (Å²) in [5.41, 5.74) is 4.38. The van der Waals surface area contributed by atoms with E-state index in [0.717, 1.165) is 41.0 Å². The van der Waals surface area contributed by atoms with Crippen LogP contribution in [0.25, 0.3) is 22.4 Å². The van der Waals surface area contributed by atoms with Crippen molar-refractivity contribution in [1.29, 1.82) is 0 Å². The molecule has 2 aliphatic heterocycles. The molecule has 0 unspecified atom stereocenters. The molecule has 0 radical (unpaired) electrons. The first-order chi connectivity index (χ1) is 28.4. The summed E-state index contributed by atoms with van der Waals surface area (Å²) in [5, 5.41) is 5.41. The van der Waals surface area contributed by atoms with Gasteiger partial charge in [-0.25, -0.2) is 19.2 Å². The molecule has 2 saturated heterocycles. The summed E-state index contributed by atoms with van der Waals surface area (Å²) in [6, 6.07) is 13.3. The number of carbonyl (C=O) groups is 4. The number of aromatic nitrogens is 3. The second-order valence-electron chi connectivity index (χ2n) is 18.1. The van der Waals surface area contributed by atoms with E-state index in [2.05, 4.69) is 65.1 Å². The number of likely N-dealkylation sites (tertiary alicyclic amines) is 1. The number of carbonyl (C=O) groups excluding carboxylic acids is 4. The summed E-state index contributed by atoms with van der Waals surface area (Å²) in [6.07, 6.45) is 4.27. The lowest BCUT2D eigenvalue weighted by molar-refractivity contribution is -0.136. The Morgan fingerprint density at radius 1 is 0.917 bits per heavy atom. The van der Waals surface area contributed by atoms with E-state index >= 15 is 4.39 Å². The lowest BCUT2D eigenvalue weighted by Crippen LogP contribution is -2.59. The maximum Gasteiger partial charge on any atom is 0.407 e. The predicted octanol–water partition coefficient (Wildman–Crippen LogP) is 7.60. The van der Waals surface area contributed by atoms with Crippen molar-refractivity contribution in [1.82, 2.24) is 30.1 Å². The summed E-state index contributed by atoms with van der Waals surface area (Å²) < 4.78 is 20.4. The third-order valence-corrected chi connectivity index (χ3v) is 12.5. The number of H-pyrrole nitrogens is 1. The molecule has 3 aliphatic rings. The van der Waals surface area contributed by atoms with Crippen molar-refractivity contribution < 1.29 is 28.3 Å². The molecule has 1 aliphatic carbocycles. The van der Waals surface area contributed by atoms with Gasteiger partial charge in [-0.15, -0.1) is 0 Å². The van der Waals surface area contributed by atoms with Crippen LogP contribution >= 0.6 is 0 Å². The fraction of sp³-hybridized carbons (Fsp3) is 0.478. The first kappa shape index (κ1) is 42.3. The molecule has 14 heteroatoms. The van der Waals surface area contributed by atoms with E-state index < -0.39 is 23.9 Å². The number of hydrogen-bond donors (Lipinski definition) is 3. The molecule has 13 nitrogen and oxygen atoms in total. The average molecular weight is 821 g/mol. The van der Waals surface area contributed by atoms with E-state index in [1.807, 2.05) is 49.9 Å². The number of aromatic amines is 1. The molecule has 4 heterocycles. The molecule has 0 bridgehead atoms. The zero-order chi connectivity index (χ0) is 43.2. The number of halogens is 1. The van der Waals surface area contributed by atoms with Crippen molar-refractivity contribution in [3.8, 4) is 22.4 Å². The minimum Gasteiger partial charge on any atom is -0.453 e. The number of rotatable bonds is 10. The third-order valence-electron chi connectivity index (χ3n) is 12.5. The highest BCUT2D eigenvalue weighted by Gasteiger charge is 2.53. The van der Waals surface area contributed by atoms with Crippen molar-refractivity contribution in [2.24, 2.45) is 23.2 Å². The smallest absolute Gasteiger partial charge is 0.407 e. The van der Waals surface area contributed by atoms with Gasteiger partial charge in [-0.3, -0.25) is 14.4 Å². The summed E-state index contributed by atoms with van der Waals surface area (Å²) in [7, 11) is 1.28. The van der Waals surface area contributed by atoms with Crippen LogP contribution in [0.5, 0.6) is 0 Å². The SMILES string of the molecule is COC(=O)N[C@H](C(=O)N1C[C@@H](C)C[C@H]1c1ncc(-c2ccc(-c3cc(F)c(NC(=O)c4ccc(N5C[C@H](C)N(C(=O)[C@H]6CC6(C)C)C[C@H]5C)nc4)cc3C)cc2)[nH]1)C(C)C. The van der Waals surface area contributed by atoms with Crippen LogP contribution in [-0.2, 0) is 14.3 Å². The average Bonchev–Trinajstić information content (AvgIpc) is 3.50. The molecule has 3 N–H and O–H groups in total. The highest BCUT2D eigenvalue weighted by atomic mass is 19.1. The number of nitrogens with one attached hydrogen (secondary N) is 3. The molecule has 3 fully saturated rings. The van der Waals surface area contributed by atoms with E-state index in [-0.39, 0.29) is 58.8 Å². The maximum atomic E-state index is 15.6. The quantitative estimate of drug-likeness (QED) is 0.148. The van der Waals surface area contributed by atoms with Crippen LogP contribution in [0.4, 0.5) is 20.7 Å². The Hall–Kier alpha value is -5.79. The molecule has 2 aromatic heterocycles. The molecular formula is C46H57FN8O5. The van der Waals surface area contributed by atoms with Crippen molar-refractivity contribution in [2.45, 2.75) is 92.4 Å². The molecular weight excluding hydrogens is 764 g/mol. The van der Waals surface area contributed by atoms with Crippen molar-refractivity contribution in [2.75, 3.05) is 37.0 Å². The van der Waals surface area contributed by atoms with Gasteiger partial charge in [-0.05, 0) is 97.4 Å². The summed E-state index contributed by atoms with van der Waals surface area (Å²) >= 11 is 0. The van der Waals surface area contributed by atoms with Crippen LogP contribution in [0.2, 0.25) is 0 Å². The number of hydrogen-bond acceptors (Lipinski definition) is 8. The van der Waals surface area contributed by atoms with Gasteiger partial charge in [0.05, 0.1) is 36.3 Å². The van der Waals surface area contributed by atoms with Gasteiger partial charge < -0.3 is 35.1 Å². The first-order valence-corrected chi connectivity index (χ1v) is 20.9. The number of piperazine rings is 1. The zero-order valence-electron chi connectivity index (χ0n) is 36.0. The Bertz CT molecular complexity index is 2260. The number of imidazole rings is 1. The van der Waals surface area contributed by atoms with E-state index in [1.54, 1.807) is 29.3 Å². The zero-order valence-corrected chi connectivity index (χ0v) is 36.0. The Kier molecular flexibility index (Phi) is 11.8. The number of anilines is 2. The van der Waals surface area contributed by atoms with Crippen molar-refractivity contribution >= 4 is 35.3 Å². The minimum absolute atomic E-state index is 0.0345. The topological polar surface area (TPSA) is 153 Å². The van der Waals surface area contributed by atoms with E-state index in [1.165, 1.54) is 19.4 Å². The normalized spacial score (nSPS) is 22.7. The number of aryl methyl sites for hydroxylation is 1. The Balaban J connectivity index is 0.985. The first-order valence-electron chi connectivity index (χ1n) is 20.9. The lowest BCUT2D eigenvalue weighted by Gasteiger charge is -2.45. The van der Waals surface area contributed by atoms with E-state index in [0.29, 0.717) is 36.6 Å². The molecule has 0 spiro atoms. The third kappa shape index (κ3) is 8.60. The molecule has 4 amide bonds. The van der Waals surface area contributed by atoms with Gasteiger partial charge in [0.25, 0.3) is 5.91 Å². The molecule has 2 aromatic carbocycles. The lowest BCUT2D eigenvalue weighted by atomic mass is 9.98. The number of pyridine rings is 1. The second kappa shape index (κ2) is 16.7. The minimum atomic E-state index is -0.730. The maximum absolute atomic E-state index is 15.6. The van der Waals surface area contributed by atoms with Crippen LogP contribution in [0.1, 0.15) is 89.1 Å². The van der Waals surface area contributed by atoms with Crippen LogP contribution < -0.4 is 15.5 Å². The van der Waals surface area contributed by atoms with Gasteiger partial charge in [0, 0.05) is 43.8 Å². The Morgan fingerprint density at radius 2 is 1.62 bits per heavy atom. The number of nitrogens with zero attached hydrogens (tertiary/aromatic N) is 5. The van der Waals surface area contributed by atoms with Gasteiger partial charge in [0.2, 0.25) is 11.8 Å². The number of methoxy groups -OCH3 is 1. The molecule has 7 rings (SSSR count). The van der Waals surface area contributed by atoms with Crippen molar-refractivity contribution in [3.63, 3.8) is 0 Å². The van der Waals surface area contributed by atoms with Gasteiger partial charge in [-0.2, -0.15) is 0 Å². The van der Waals surface area contributed by atoms with Crippen LogP contribution in [0, 0.1) is 35.9 Å². The van der Waals surface area contributed by atoms with Crippen LogP contribution in [0.15, 0.2) is 60.9 Å². The predicted molar refractivity (Wildman–Crippen MR) is 229 cm³/mol. The second-order valence-corrected chi connectivity index (χ2v) is 18.1. The van der Waals surface area contributed by atoms with Crippen molar-refractivity contribution in [3.05, 3.63) is 83.7 Å². The molecule has 318 valence electrons. The van der Waals surface area contributed by atoms with Crippen LogP contribution in [0.3, 0.4) is 0 Å². The molecule has 4 aromatic rings. The number of ether oxygens (including phenoxy) is 1. The highest BCUT2D eigenvalue weighted by Crippen LogP contribution is 2.53. The summed E-state index contributed by atoms with van der Waals surface area (Å²) in [6.45, 7) is 18.0. The van der Waals surface area contributed by atoms with Gasteiger partial charge in [0.15, 0.2) is 0 Å². The highest BCUT2D eigenvalue weighted by molar-refractivity contribution is 6.04. The number of benzene rings is 2. The Labute approximate surface area is 351 Å². The largest absolute Gasteiger partial charge is 0.453 e. The standard InChI is InChI=1S/C46H57FN8O5/c1-25(2)40(52-45(59)60-9)44(58)55-22-26(3)16-38(55)41-49-21-37(50-41)31-12-10-30(11-13-31)33-18-35(47)36(17-27(33)4)51-42(56)32-14-15-39(48-20-32)53-23-29(6)54(24-28(53)5)43(57)34-19-46(34,7)8/h10-15,17-18,20-21,25-26,28-29,34,38,40H,16,19,22-24H2,1-9H3,(H,49,50)(H,51,56)(H,52,59)/t26-,28+,29-,34+,38-,40-/m0/s1. The van der Waals surface area contributed by atoms with Gasteiger partial charge >= 0.3 is 6.09 Å². The fourth-order valence-electron chi connectivity index (χ4n) is 8.72. The summed E-state index contributed by atoms with van der Waals surface area (Å²) in [5.74, 6) is 0.621. The fourth-order valence-corrected chi connectivity index (χ4v) is 8.72. The van der Waals surface area contributed by atoms with Crippen LogP contribution in [-0.4, -0.2) is 93.4 Å². The molecule has 60 heavy (non-hydrogen) atoms. The molecule has 6 atom stereocenters. The monoisotopic (exact) mass is 820 g/mol. The Morgan fingerprint density at radius 3 is 2.25 bits per heavy atom.